The van der Waals surface area contributed by atoms with E-state index >= 15 is 0 Å². The van der Waals surface area contributed by atoms with Crippen LogP contribution in [0.5, 0.6) is 0 Å². The van der Waals surface area contributed by atoms with E-state index < -0.39 is 6.09 Å². The molecule has 1 aliphatic carbocycles. The number of nitrogens with zero attached hydrogens (tertiary/aromatic N) is 3. The molecule has 1 rings (SSSR count). The highest BCUT2D eigenvalue weighted by Crippen LogP contribution is 2.13. The van der Waals surface area contributed by atoms with Crippen molar-refractivity contribution in [3.8, 4) is 0 Å². The van der Waals surface area contributed by atoms with Gasteiger partial charge in [-0.05, 0) is 30.9 Å². The maximum atomic E-state index is 10.6. The zero-order valence-corrected chi connectivity index (χ0v) is 6.51. The first-order valence-corrected chi connectivity index (χ1v) is 3.75. The summed E-state index contributed by atoms with van der Waals surface area (Å²) in [5.41, 5.74) is 7.91. The second-order valence-electron chi connectivity index (χ2n) is 2.47. The molecule has 5 nitrogen and oxygen atoms in total. The van der Waals surface area contributed by atoms with Crippen molar-refractivity contribution < 1.29 is 9.53 Å². The van der Waals surface area contributed by atoms with Gasteiger partial charge in [-0.2, -0.15) is 0 Å². The first kappa shape index (κ1) is 8.62. The standard InChI is InChI=1S/C7H9N3O2/c8-10-9-7(11)12-6-4-2-1-3-5-6/h2,4,6H,1,3,5H2. The Balaban J connectivity index is 2.39. The first-order chi connectivity index (χ1) is 5.83. The van der Waals surface area contributed by atoms with Crippen LogP contribution in [0.15, 0.2) is 17.3 Å². The van der Waals surface area contributed by atoms with Crippen LogP contribution in [0.25, 0.3) is 10.4 Å². The number of ether oxygens (including phenoxy) is 1. The molecule has 1 aliphatic rings. The Hall–Kier alpha value is -1.48. The summed E-state index contributed by atoms with van der Waals surface area (Å²) in [6.07, 6.45) is 5.54. The van der Waals surface area contributed by atoms with Crippen LogP contribution < -0.4 is 0 Å². The second-order valence-corrected chi connectivity index (χ2v) is 2.47. The van der Waals surface area contributed by atoms with Gasteiger partial charge in [0.05, 0.1) is 0 Å². The molecular weight excluding hydrogens is 158 g/mol. The molecule has 0 aromatic rings. The van der Waals surface area contributed by atoms with Crippen LogP contribution in [-0.4, -0.2) is 12.2 Å². The SMILES string of the molecule is [N-]=[N+]=NC(=O)OC1C=CCCC1. The van der Waals surface area contributed by atoms with Gasteiger partial charge >= 0.3 is 6.09 Å². The fraction of sp³-hybridized carbons (Fsp3) is 0.571. The van der Waals surface area contributed by atoms with Gasteiger partial charge in [0.25, 0.3) is 0 Å². The van der Waals surface area contributed by atoms with E-state index in [4.69, 9.17) is 10.3 Å². The zero-order valence-electron chi connectivity index (χ0n) is 6.51. The molecule has 0 N–H and O–H groups in total. The van der Waals surface area contributed by atoms with Gasteiger partial charge in [-0.3, -0.25) is 0 Å². The Morgan fingerprint density at radius 1 is 1.75 bits per heavy atom. The van der Waals surface area contributed by atoms with Crippen LogP contribution >= 0.6 is 0 Å². The molecule has 1 amide bonds. The zero-order chi connectivity index (χ0) is 8.81. The predicted octanol–water partition coefficient (Wildman–Crippen LogP) is 2.54. The van der Waals surface area contributed by atoms with Crippen molar-refractivity contribution in [3.63, 3.8) is 0 Å². The molecule has 0 bridgehead atoms. The molecule has 1 atom stereocenters. The van der Waals surface area contributed by atoms with Gasteiger partial charge in [-0.1, -0.05) is 6.08 Å². The minimum absolute atomic E-state index is 0.211. The lowest BCUT2D eigenvalue weighted by Gasteiger charge is -2.15. The minimum Gasteiger partial charge on any atom is -0.453 e. The molecule has 5 heteroatoms. The van der Waals surface area contributed by atoms with E-state index in [1.807, 2.05) is 12.2 Å². The van der Waals surface area contributed by atoms with Crippen molar-refractivity contribution in [2.24, 2.45) is 5.11 Å². The summed E-state index contributed by atoms with van der Waals surface area (Å²) in [6, 6.07) is 0. The first-order valence-electron chi connectivity index (χ1n) is 3.75. The average molecular weight is 167 g/mol. The molecule has 0 aromatic carbocycles. The van der Waals surface area contributed by atoms with Crippen LogP contribution in [0.2, 0.25) is 0 Å². The molecule has 0 spiro atoms. The van der Waals surface area contributed by atoms with Crippen molar-refractivity contribution >= 4 is 6.09 Å². The van der Waals surface area contributed by atoms with Crippen LogP contribution in [0, 0.1) is 0 Å². The Morgan fingerprint density at radius 3 is 3.17 bits per heavy atom. The Kier molecular flexibility index (Phi) is 3.17. The molecule has 0 saturated heterocycles. The van der Waals surface area contributed by atoms with Crippen molar-refractivity contribution in [1.82, 2.24) is 0 Å². The van der Waals surface area contributed by atoms with E-state index in [1.54, 1.807) is 0 Å². The summed E-state index contributed by atoms with van der Waals surface area (Å²) in [5.74, 6) is 0. The molecule has 0 aromatic heterocycles. The average Bonchev–Trinajstić information content (AvgIpc) is 2.06. The highest BCUT2D eigenvalue weighted by atomic mass is 16.6. The van der Waals surface area contributed by atoms with Crippen molar-refractivity contribution in [1.29, 1.82) is 0 Å². The van der Waals surface area contributed by atoms with Crippen LogP contribution in [-0.2, 0) is 4.74 Å². The number of carbonyl (C=O) groups excluding carboxylic acids is 1. The van der Waals surface area contributed by atoms with E-state index in [-0.39, 0.29) is 6.10 Å². The monoisotopic (exact) mass is 167 g/mol. The van der Waals surface area contributed by atoms with Gasteiger partial charge in [0.1, 0.15) is 6.10 Å². The fourth-order valence-corrected chi connectivity index (χ4v) is 1.07. The summed E-state index contributed by atoms with van der Waals surface area (Å²) in [5, 5.41) is 2.80. The second kappa shape index (κ2) is 4.41. The number of azide groups is 1. The molecule has 12 heavy (non-hydrogen) atoms. The number of amides is 1. The third kappa shape index (κ3) is 2.64. The minimum atomic E-state index is -0.853. The van der Waals surface area contributed by atoms with Gasteiger partial charge in [-0.25, -0.2) is 4.79 Å². The fourth-order valence-electron chi connectivity index (χ4n) is 1.07. The third-order valence-corrected chi connectivity index (χ3v) is 1.59. The van der Waals surface area contributed by atoms with E-state index in [0.717, 1.165) is 19.3 Å². The number of hydrogen-bond acceptors (Lipinski definition) is 2. The van der Waals surface area contributed by atoms with E-state index in [9.17, 15) is 4.79 Å². The predicted molar refractivity (Wildman–Crippen MR) is 42.4 cm³/mol. The maximum Gasteiger partial charge on any atom is 0.397 e. The molecule has 64 valence electrons. The summed E-state index contributed by atoms with van der Waals surface area (Å²) in [6.45, 7) is 0. The maximum absolute atomic E-state index is 10.6. The highest BCUT2D eigenvalue weighted by Gasteiger charge is 2.11. The van der Waals surface area contributed by atoms with Crippen LogP contribution in [0.1, 0.15) is 19.3 Å². The number of hydrogen-bond donors (Lipinski definition) is 0. The smallest absolute Gasteiger partial charge is 0.397 e. The number of carbonyl (C=O) groups is 1. The van der Waals surface area contributed by atoms with Gasteiger partial charge in [0.15, 0.2) is 0 Å². The van der Waals surface area contributed by atoms with Gasteiger partial charge in [0.2, 0.25) is 0 Å². The van der Waals surface area contributed by atoms with Gasteiger partial charge in [-0.15, -0.1) is 0 Å². The van der Waals surface area contributed by atoms with Crippen molar-refractivity contribution in [2.75, 3.05) is 0 Å². The van der Waals surface area contributed by atoms with Crippen molar-refractivity contribution in [3.05, 3.63) is 22.6 Å². The highest BCUT2D eigenvalue weighted by molar-refractivity contribution is 5.68. The molecule has 0 aliphatic heterocycles. The van der Waals surface area contributed by atoms with Crippen LogP contribution in [0.4, 0.5) is 4.79 Å². The lowest BCUT2D eigenvalue weighted by Crippen LogP contribution is -2.14. The largest absolute Gasteiger partial charge is 0.453 e. The Bertz CT molecular complexity index is 243. The lowest BCUT2D eigenvalue weighted by molar-refractivity contribution is 0.122. The molecule has 0 fully saturated rings. The van der Waals surface area contributed by atoms with E-state index in [2.05, 4.69) is 10.0 Å². The lowest BCUT2D eigenvalue weighted by atomic mass is 10.1. The molecule has 0 heterocycles. The normalized spacial score (nSPS) is 21.2. The quantitative estimate of drug-likeness (QED) is 0.260. The number of rotatable bonds is 1. The third-order valence-electron chi connectivity index (χ3n) is 1.59. The summed E-state index contributed by atoms with van der Waals surface area (Å²) >= 11 is 0. The van der Waals surface area contributed by atoms with E-state index in [1.165, 1.54) is 0 Å². The molecule has 0 saturated carbocycles. The number of allylic oxidation sites excluding steroid dienone is 1. The Labute approximate surface area is 69.6 Å². The van der Waals surface area contributed by atoms with Crippen molar-refractivity contribution in [2.45, 2.75) is 25.4 Å². The van der Waals surface area contributed by atoms with Gasteiger partial charge < -0.3 is 4.74 Å². The van der Waals surface area contributed by atoms with Crippen LogP contribution in [0.3, 0.4) is 0 Å². The summed E-state index contributed by atoms with van der Waals surface area (Å²) < 4.78 is 4.79. The molecule has 1 unspecified atom stereocenters. The topological polar surface area (TPSA) is 75.1 Å². The Morgan fingerprint density at radius 2 is 2.58 bits per heavy atom. The summed E-state index contributed by atoms with van der Waals surface area (Å²) in [7, 11) is 0. The molecule has 0 radical (unpaired) electrons. The van der Waals surface area contributed by atoms with Gasteiger partial charge in [0, 0.05) is 10.0 Å². The van der Waals surface area contributed by atoms with E-state index in [0.29, 0.717) is 0 Å². The summed E-state index contributed by atoms with van der Waals surface area (Å²) in [4.78, 5) is 13.0. The molecular formula is C7H9N3O2.